The maximum Gasteiger partial charge on any atom is 0.224 e. The van der Waals surface area contributed by atoms with Crippen molar-refractivity contribution in [1.29, 1.82) is 0 Å². The number of nitrogens with zero attached hydrogens (tertiary/aromatic N) is 3. The molecule has 96 valence electrons. The second-order valence-corrected chi connectivity index (χ2v) is 4.34. The summed E-state index contributed by atoms with van der Waals surface area (Å²) in [4.78, 5) is 9.54. The normalized spacial score (nSPS) is 12.8. The minimum absolute atomic E-state index is 0.0455. The summed E-state index contributed by atoms with van der Waals surface area (Å²) in [6.07, 6.45) is 2.15. The summed E-state index contributed by atoms with van der Waals surface area (Å²) in [5.74, 6) is -0.330. The first-order valence-corrected chi connectivity index (χ1v) is 6.04. The van der Waals surface area contributed by atoms with Gasteiger partial charge in [0.25, 0.3) is 0 Å². The topological polar surface area (TPSA) is 41.0 Å². The van der Waals surface area contributed by atoms with Crippen LogP contribution in [0.4, 0.5) is 10.2 Å². The fourth-order valence-electron chi connectivity index (χ4n) is 1.35. The van der Waals surface area contributed by atoms with Crippen molar-refractivity contribution in [1.82, 2.24) is 14.9 Å². The zero-order valence-electron chi connectivity index (χ0n) is 10.4. The summed E-state index contributed by atoms with van der Waals surface area (Å²) in [6.45, 7) is 5.72. The van der Waals surface area contributed by atoms with Gasteiger partial charge in [0.15, 0.2) is 11.6 Å². The SMILES string of the molecule is CCC(C)N(C)CCNc1nc(Cl)ncc1F. The molecule has 1 atom stereocenters. The Morgan fingerprint density at radius 3 is 2.94 bits per heavy atom. The second kappa shape index (κ2) is 6.71. The van der Waals surface area contributed by atoms with Gasteiger partial charge < -0.3 is 10.2 Å². The summed E-state index contributed by atoms with van der Waals surface area (Å²) in [6, 6.07) is 0.510. The van der Waals surface area contributed by atoms with Gasteiger partial charge in [-0.05, 0) is 32.0 Å². The predicted octanol–water partition coefficient (Wildman–Crippen LogP) is 2.41. The van der Waals surface area contributed by atoms with Crippen LogP contribution >= 0.6 is 11.6 Å². The van der Waals surface area contributed by atoms with Gasteiger partial charge in [0.05, 0.1) is 6.20 Å². The number of hydrogen-bond donors (Lipinski definition) is 1. The van der Waals surface area contributed by atoms with Gasteiger partial charge in [0.2, 0.25) is 5.28 Å². The Bertz CT molecular complexity index is 361. The smallest absolute Gasteiger partial charge is 0.224 e. The van der Waals surface area contributed by atoms with E-state index in [4.69, 9.17) is 11.6 Å². The van der Waals surface area contributed by atoms with Crippen LogP contribution < -0.4 is 5.32 Å². The average Bonchev–Trinajstić information content (AvgIpc) is 2.32. The van der Waals surface area contributed by atoms with Crippen molar-refractivity contribution < 1.29 is 4.39 Å². The Balaban J connectivity index is 2.43. The van der Waals surface area contributed by atoms with Crippen LogP contribution in [0, 0.1) is 5.82 Å². The molecule has 1 N–H and O–H groups in total. The number of halogens is 2. The third-order valence-electron chi connectivity index (χ3n) is 2.81. The van der Waals surface area contributed by atoms with Crippen LogP contribution in [0.25, 0.3) is 0 Å². The van der Waals surface area contributed by atoms with Crippen molar-refractivity contribution in [2.45, 2.75) is 26.3 Å². The molecule has 0 aromatic carbocycles. The van der Waals surface area contributed by atoms with Gasteiger partial charge in [-0.25, -0.2) is 9.37 Å². The van der Waals surface area contributed by atoms with E-state index in [-0.39, 0.29) is 11.1 Å². The van der Waals surface area contributed by atoms with E-state index < -0.39 is 5.82 Å². The van der Waals surface area contributed by atoms with E-state index in [2.05, 4.69) is 34.0 Å². The van der Waals surface area contributed by atoms with Crippen LogP contribution in [-0.4, -0.2) is 41.0 Å². The molecule has 1 unspecified atom stereocenters. The molecular weight excluding hydrogens is 243 g/mol. The molecule has 1 aromatic rings. The van der Waals surface area contributed by atoms with Crippen LogP contribution in [0.5, 0.6) is 0 Å². The number of nitrogens with one attached hydrogen (secondary N) is 1. The monoisotopic (exact) mass is 260 g/mol. The van der Waals surface area contributed by atoms with Gasteiger partial charge in [-0.15, -0.1) is 0 Å². The van der Waals surface area contributed by atoms with Gasteiger partial charge in [-0.2, -0.15) is 4.98 Å². The number of likely N-dealkylation sites (N-methyl/N-ethyl adjacent to an activating group) is 1. The van der Waals surface area contributed by atoms with Crippen LogP contribution in [0.15, 0.2) is 6.20 Å². The maximum atomic E-state index is 13.3. The fraction of sp³-hybridized carbons (Fsp3) is 0.636. The Morgan fingerprint density at radius 2 is 2.29 bits per heavy atom. The molecule has 17 heavy (non-hydrogen) atoms. The average molecular weight is 261 g/mol. The van der Waals surface area contributed by atoms with E-state index in [9.17, 15) is 4.39 Å². The van der Waals surface area contributed by atoms with Crippen molar-refractivity contribution in [3.63, 3.8) is 0 Å². The van der Waals surface area contributed by atoms with Gasteiger partial charge >= 0.3 is 0 Å². The molecule has 0 bridgehead atoms. The summed E-state index contributed by atoms with van der Waals surface area (Å²) in [5, 5.41) is 2.96. The summed E-state index contributed by atoms with van der Waals surface area (Å²) < 4.78 is 13.3. The van der Waals surface area contributed by atoms with E-state index in [0.29, 0.717) is 12.6 Å². The number of anilines is 1. The Hall–Kier alpha value is -0.940. The molecule has 6 heteroatoms. The highest BCUT2D eigenvalue weighted by atomic mass is 35.5. The lowest BCUT2D eigenvalue weighted by Crippen LogP contribution is -2.32. The molecule has 0 spiro atoms. The first-order chi connectivity index (χ1) is 8.04. The van der Waals surface area contributed by atoms with Gasteiger partial charge in [-0.3, -0.25) is 0 Å². The third kappa shape index (κ3) is 4.44. The fourth-order valence-corrected chi connectivity index (χ4v) is 1.49. The van der Waals surface area contributed by atoms with E-state index in [1.54, 1.807) is 0 Å². The molecule has 0 saturated heterocycles. The second-order valence-electron chi connectivity index (χ2n) is 4.00. The lowest BCUT2D eigenvalue weighted by Gasteiger charge is -2.23. The summed E-state index contributed by atoms with van der Waals surface area (Å²) in [7, 11) is 2.04. The molecule has 1 aromatic heterocycles. The quantitative estimate of drug-likeness (QED) is 0.798. The Kier molecular flexibility index (Phi) is 5.58. The number of hydrogen-bond acceptors (Lipinski definition) is 4. The van der Waals surface area contributed by atoms with E-state index in [1.165, 1.54) is 0 Å². The molecule has 0 radical (unpaired) electrons. The molecule has 0 fully saturated rings. The Labute approximate surface area is 106 Å². The van der Waals surface area contributed by atoms with Crippen molar-refractivity contribution in [2.24, 2.45) is 0 Å². The molecule has 4 nitrogen and oxygen atoms in total. The molecule has 0 aliphatic rings. The molecule has 0 aliphatic carbocycles. The highest BCUT2D eigenvalue weighted by Crippen LogP contribution is 2.11. The van der Waals surface area contributed by atoms with Crippen LogP contribution in [0.3, 0.4) is 0 Å². The maximum absolute atomic E-state index is 13.3. The Morgan fingerprint density at radius 1 is 1.59 bits per heavy atom. The minimum Gasteiger partial charge on any atom is -0.366 e. The predicted molar refractivity (Wildman–Crippen MR) is 67.9 cm³/mol. The van der Waals surface area contributed by atoms with Crippen LogP contribution in [0.1, 0.15) is 20.3 Å². The number of rotatable bonds is 6. The number of aromatic nitrogens is 2. The molecule has 0 saturated carbocycles. The zero-order chi connectivity index (χ0) is 12.8. The summed E-state index contributed by atoms with van der Waals surface area (Å²) in [5.41, 5.74) is 0. The van der Waals surface area contributed by atoms with Crippen LogP contribution in [0.2, 0.25) is 5.28 Å². The highest BCUT2D eigenvalue weighted by molar-refractivity contribution is 6.28. The van der Waals surface area contributed by atoms with E-state index in [0.717, 1.165) is 19.2 Å². The zero-order valence-corrected chi connectivity index (χ0v) is 11.1. The van der Waals surface area contributed by atoms with Crippen molar-refractivity contribution in [2.75, 3.05) is 25.5 Å². The lowest BCUT2D eigenvalue weighted by atomic mass is 10.2. The highest BCUT2D eigenvalue weighted by Gasteiger charge is 2.08. The van der Waals surface area contributed by atoms with Crippen LogP contribution in [-0.2, 0) is 0 Å². The molecular formula is C11H18ClFN4. The summed E-state index contributed by atoms with van der Waals surface area (Å²) >= 11 is 5.59. The third-order valence-corrected chi connectivity index (χ3v) is 3.00. The van der Waals surface area contributed by atoms with Gasteiger partial charge in [0, 0.05) is 19.1 Å². The largest absolute Gasteiger partial charge is 0.366 e. The van der Waals surface area contributed by atoms with E-state index in [1.807, 2.05) is 7.05 Å². The van der Waals surface area contributed by atoms with Crippen molar-refractivity contribution in [3.05, 3.63) is 17.3 Å². The first-order valence-electron chi connectivity index (χ1n) is 5.66. The lowest BCUT2D eigenvalue weighted by molar-refractivity contribution is 0.261. The van der Waals surface area contributed by atoms with Gasteiger partial charge in [-0.1, -0.05) is 6.92 Å². The molecule has 0 aliphatic heterocycles. The van der Waals surface area contributed by atoms with Gasteiger partial charge in [0.1, 0.15) is 0 Å². The van der Waals surface area contributed by atoms with Crippen molar-refractivity contribution in [3.8, 4) is 0 Å². The molecule has 1 rings (SSSR count). The van der Waals surface area contributed by atoms with Crippen molar-refractivity contribution >= 4 is 17.4 Å². The first kappa shape index (κ1) is 14.1. The standard InChI is InChI=1S/C11H18ClFN4/c1-4-8(2)17(3)6-5-14-10-9(13)7-15-11(12)16-10/h7-8H,4-6H2,1-3H3,(H,14,15,16). The minimum atomic E-state index is -0.486. The molecule has 0 amide bonds. The van der Waals surface area contributed by atoms with E-state index >= 15 is 0 Å². The molecule has 1 heterocycles.